The number of hydrogen-bond acceptors (Lipinski definition) is 3. The SMILES string of the molecule is Cc1nc(C)n(C(C)c2ccccc2)c1-c1cccc(C=CC(=O)NO)c1. The number of amides is 1. The van der Waals surface area contributed by atoms with Gasteiger partial charge in [-0.1, -0.05) is 48.5 Å². The monoisotopic (exact) mass is 361 g/mol. The Morgan fingerprint density at radius 1 is 1.15 bits per heavy atom. The molecule has 1 amide bonds. The van der Waals surface area contributed by atoms with Crippen molar-refractivity contribution in [2.75, 3.05) is 0 Å². The van der Waals surface area contributed by atoms with E-state index in [0.717, 1.165) is 28.3 Å². The van der Waals surface area contributed by atoms with E-state index in [0.29, 0.717) is 0 Å². The molecular formula is C22H23N3O2. The van der Waals surface area contributed by atoms with Crippen LogP contribution in [0.25, 0.3) is 17.3 Å². The molecule has 3 rings (SSSR count). The summed E-state index contributed by atoms with van der Waals surface area (Å²) in [6.45, 7) is 6.20. The van der Waals surface area contributed by atoms with Gasteiger partial charge in [-0.25, -0.2) is 10.5 Å². The minimum absolute atomic E-state index is 0.141. The Kier molecular flexibility index (Phi) is 5.52. The van der Waals surface area contributed by atoms with E-state index in [1.165, 1.54) is 11.6 Å². The van der Waals surface area contributed by atoms with E-state index < -0.39 is 5.91 Å². The van der Waals surface area contributed by atoms with Crippen LogP contribution in [0.2, 0.25) is 0 Å². The molecule has 0 aliphatic rings. The highest BCUT2D eigenvalue weighted by Crippen LogP contribution is 2.31. The fraction of sp³-hybridized carbons (Fsp3) is 0.182. The van der Waals surface area contributed by atoms with Crippen molar-refractivity contribution >= 4 is 12.0 Å². The lowest BCUT2D eigenvalue weighted by Crippen LogP contribution is -2.14. The van der Waals surface area contributed by atoms with Crippen molar-refractivity contribution in [3.63, 3.8) is 0 Å². The second-order valence-electron chi connectivity index (χ2n) is 6.48. The number of nitrogens with zero attached hydrogens (tertiary/aromatic N) is 2. The van der Waals surface area contributed by atoms with Crippen LogP contribution in [0.1, 0.15) is 35.6 Å². The zero-order chi connectivity index (χ0) is 19.4. The quantitative estimate of drug-likeness (QED) is 0.405. The Labute approximate surface area is 159 Å². The standard InChI is InChI=1S/C22H23N3O2/c1-15-22(20-11-7-8-18(14-20)12-13-21(26)24-27)25(17(3)23-15)16(2)19-9-5-4-6-10-19/h4-14,16,27H,1-3H3,(H,24,26). The van der Waals surface area contributed by atoms with Gasteiger partial charge in [0.1, 0.15) is 5.82 Å². The Morgan fingerprint density at radius 3 is 2.59 bits per heavy atom. The van der Waals surface area contributed by atoms with E-state index in [-0.39, 0.29) is 6.04 Å². The number of carbonyl (C=O) groups is 1. The Hall–Kier alpha value is -3.18. The highest BCUT2D eigenvalue weighted by atomic mass is 16.5. The van der Waals surface area contributed by atoms with Gasteiger partial charge in [-0.05, 0) is 44.0 Å². The van der Waals surface area contributed by atoms with Gasteiger partial charge in [-0.3, -0.25) is 10.0 Å². The molecule has 0 spiro atoms. The summed E-state index contributed by atoms with van der Waals surface area (Å²) in [4.78, 5) is 15.9. The summed E-state index contributed by atoms with van der Waals surface area (Å²) in [6.07, 6.45) is 2.96. The van der Waals surface area contributed by atoms with Gasteiger partial charge in [-0.2, -0.15) is 0 Å². The maximum atomic E-state index is 11.2. The second kappa shape index (κ2) is 8.01. The normalized spacial score (nSPS) is 12.3. The van der Waals surface area contributed by atoms with Crippen molar-refractivity contribution in [2.45, 2.75) is 26.8 Å². The predicted octanol–water partition coefficient (Wildman–Crippen LogP) is 4.29. The first kappa shape index (κ1) is 18.6. The Balaban J connectivity index is 2.05. The van der Waals surface area contributed by atoms with E-state index in [4.69, 9.17) is 10.2 Å². The summed E-state index contributed by atoms with van der Waals surface area (Å²) in [5.74, 6) is 0.398. The first-order chi connectivity index (χ1) is 13.0. The van der Waals surface area contributed by atoms with Crippen molar-refractivity contribution in [2.24, 2.45) is 0 Å². The van der Waals surface area contributed by atoms with Crippen molar-refractivity contribution in [1.29, 1.82) is 0 Å². The van der Waals surface area contributed by atoms with Crippen molar-refractivity contribution in [3.8, 4) is 11.3 Å². The van der Waals surface area contributed by atoms with Crippen LogP contribution in [0.5, 0.6) is 0 Å². The van der Waals surface area contributed by atoms with Crippen LogP contribution in [-0.4, -0.2) is 20.7 Å². The molecule has 1 aromatic heterocycles. The van der Waals surface area contributed by atoms with Crippen LogP contribution in [0, 0.1) is 13.8 Å². The molecule has 1 heterocycles. The predicted molar refractivity (Wildman–Crippen MR) is 106 cm³/mol. The van der Waals surface area contributed by atoms with Crippen LogP contribution < -0.4 is 5.48 Å². The third-order valence-electron chi connectivity index (χ3n) is 4.63. The lowest BCUT2D eigenvalue weighted by atomic mass is 10.0. The number of imidazole rings is 1. The van der Waals surface area contributed by atoms with E-state index >= 15 is 0 Å². The molecule has 0 saturated carbocycles. The molecule has 0 radical (unpaired) electrons. The summed E-state index contributed by atoms with van der Waals surface area (Å²) in [5.41, 5.74) is 6.74. The minimum atomic E-state index is -0.560. The molecule has 2 N–H and O–H groups in total. The van der Waals surface area contributed by atoms with Gasteiger partial charge in [0.05, 0.1) is 17.4 Å². The van der Waals surface area contributed by atoms with Gasteiger partial charge in [0.15, 0.2) is 0 Å². The molecule has 2 aromatic carbocycles. The van der Waals surface area contributed by atoms with Gasteiger partial charge in [0, 0.05) is 11.6 Å². The van der Waals surface area contributed by atoms with Gasteiger partial charge in [-0.15, -0.1) is 0 Å². The van der Waals surface area contributed by atoms with E-state index in [1.807, 2.05) is 56.3 Å². The molecule has 27 heavy (non-hydrogen) atoms. The van der Waals surface area contributed by atoms with Crippen LogP contribution in [-0.2, 0) is 4.79 Å². The first-order valence-electron chi connectivity index (χ1n) is 8.84. The maximum absolute atomic E-state index is 11.2. The number of hydrogen-bond donors (Lipinski definition) is 2. The number of hydroxylamine groups is 1. The zero-order valence-corrected chi connectivity index (χ0v) is 15.7. The van der Waals surface area contributed by atoms with Crippen LogP contribution >= 0.6 is 0 Å². The topological polar surface area (TPSA) is 67.2 Å². The molecular weight excluding hydrogens is 338 g/mol. The third-order valence-corrected chi connectivity index (χ3v) is 4.63. The van der Waals surface area contributed by atoms with Gasteiger partial charge in [0.2, 0.25) is 0 Å². The van der Waals surface area contributed by atoms with Gasteiger partial charge in [0.25, 0.3) is 5.91 Å². The third kappa shape index (κ3) is 3.99. The number of aryl methyl sites for hydroxylation is 2. The average molecular weight is 361 g/mol. The largest absolute Gasteiger partial charge is 0.321 e. The average Bonchev–Trinajstić information content (AvgIpc) is 3.00. The zero-order valence-electron chi connectivity index (χ0n) is 15.7. The smallest absolute Gasteiger partial charge is 0.267 e. The summed E-state index contributed by atoms with van der Waals surface area (Å²) < 4.78 is 2.24. The highest BCUT2D eigenvalue weighted by molar-refractivity contribution is 5.91. The molecule has 1 unspecified atom stereocenters. The highest BCUT2D eigenvalue weighted by Gasteiger charge is 2.19. The molecule has 0 saturated heterocycles. The lowest BCUT2D eigenvalue weighted by molar-refractivity contribution is -0.124. The van der Waals surface area contributed by atoms with Crippen LogP contribution in [0.3, 0.4) is 0 Å². The van der Waals surface area contributed by atoms with Gasteiger partial charge < -0.3 is 4.57 Å². The molecule has 0 aliphatic heterocycles. The molecule has 5 heteroatoms. The van der Waals surface area contributed by atoms with Crippen molar-refractivity contribution in [1.82, 2.24) is 15.0 Å². The fourth-order valence-electron chi connectivity index (χ4n) is 3.39. The lowest BCUT2D eigenvalue weighted by Gasteiger charge is -2.20. The molecule has 3 aromatic rings. The Morgan fingerprint density at radius 2 is 1.89 bits per heavy atom. The van der Waals surface area contributed by atoms with Crippen LogP contribution in [0.15, 0.2) is 60.7 Å². The van der Waals surface area contributed by atoms with E-state index in [2.05, 4.69) is 23.6 Å². The molecule has 0 fully saturated rings. The first-order valence-corrected chi connectivity index (χ1v) is 8.84. The molecule has 5 nitrogen and oxygen atoms in total. The number of carbonyl (C=O) groups excluding carboxylic acids is 1. The second-order valence-corrected chi connectivity index (χ2v) is 6.48. The minimum Gasteiger partial charge on any atom is -0.321 e. The van der Waals surface area contributed by atoms with E-state index in [1.54, 1.807) is 11.6 Å². The molecule has 0 aliphatic carbocycles. The van der Waals surface area contributed by atoms with Crippen LogP contribution in [0.4, 0.5) is 0 Å². The summed E-state index contributed by atoms with van der Waals surface area (Å²) >= 11 is 0. The van der Waals surface area contributed by atoms with Gasteiger partial charge >= 0.3 is 0 Å². The number of nitrogens with one attached hydrogen (secondary N) is 1. The Bertz CT molecular complexity index is 974. The summed E-state index contributed by atoms with van der Waals surface area (Å²) in [7, 11) is 0. The number of aromatic nitrogens is 2. The molecule has 138 valence electrons. The molecule has 1 atom stereocenters. The summed E-state index contributed by atoms with van der Waals surface area (Å²) in [6, 6.07) is 18.4. The van der Waals surface area contributed by atoms with E-state index in [9.17, 15) is 4.79 Å². The fourth-order valence-corrected chi connectivity index (χ4v) is 3.39. The van der Waals surface area contributed by atoms with Crippen molar-refractivity contribution < 1.29 is 10.0 Å². The maximum Gasteiger partial charge on any atom is 0.267 e. The number of benzene rings is 2. The van der Waals surface area contributed by atoms with Crippen molar-refractivity contribution in [3.05, 3.63) is 83.3 Å². The molecule has 0 bridgehead atoms. The summed E-state index contributed by atoms with van der Waals surface area (Å²) in [5, 5.41) is 8.63. The number of rotatable bonds is 5.